The minimum atomic E-state index is 0.755. The van der Waals surface area contributed by atoms with Crippen molar-refractivity contribution in [2.24, 2.45) is 0 Å². The van der Waals surface area contributed by atoms with Crippen molar-refractivity contribution in [3.63, 3.8) is 0 Å². The maximum Gasteiger partial charge on any atom is 0.0236 e. The second-order valence-electron chi connectivity index (χ2n) is 6.56. The molecule has 1 N–H and O–H groups in total. The van der Waals surface area contributed by atoms with E-state index in [1.165, 1.54) is 44.5 Å². The Morgan fingerprint density at radius 3 is 2.86 bits per heavy atom. The van der Waals surface area contributed by atoms with Crippen LogP contribution in [0.2, 0.25) is 0 Å². The predicted octanol–water partition coefficient (Wildman–Crippen LogP) is 2.25. The van der Waals surface area contributed by atoms with E-state index in [1.807, 2.05) is 0 Å². The lowest BCUT2D eigenvalue weighted by atomic mass is 9.94. The SMILES string of the molecule is CCN1CCC(N(C)Cc2cccc3c2CCNC3)CC1. The highest BCUT2D eigenvalue weighted by molar-refractivity contribution is 5.37. The Morgan fingerprint density at radius 1 is 1.29 bits per heavy atom. The molecule has 1 aromatic carbocycles. The molecular weight excluding hydrogens is 258 g/mol. The molecule has 0 bridgehead atoms. The van der Waals surface area contributed by atoms with E-state index in [2.05, 4.69) is 47.3 Å². The van der Waals surface area contributed by atoms with Gasteiger partial charge in [-0.05, 0) is 69.2 Å². The molecule has 3 heteroatoms. The number of likely N-dealkylation sites (tertiary alicyclic amines) is 1. The summed E-state index contributed by atoms with van der Waals surface area (Å²) in [5.41, 5.74) is 4.66. The van der Waals surface area contributed by atoms with Crippen molar-refractivity contribution in [2.75, 3.05) is 33.2 Å². The fraction of sp³-hybridized carbons (Fsp3) is 0.667. The highest BCUT2D eigenvalue weighted by Gasteiger charge is 2.22. The molecule has 0 aliphatic carbocycles. The lowest BCUT2D eigenvalue weighted by Crippen LogP contribution is -2.43. The molecule has 3 nitrogen and oxygen atoms in total. The fourth-order valence-electron chi connectivity index (χ4n) is 3.83. The zero-order chi connectivity index (χ0) is 14.7. The van der Waals surface area contributed by atoms with Crippen LogP contribution in [-0.2, 0) is 19.5 Å². The fourth-order valence-corrected chi connectivity index (χ4v) is 3.83. The van der Waals surface area contributed by atoms with E-state index in [-0.39, 0.29) is 0 Å². The van der Waals surface area contributed by atoms with Crippen LogP contribution in [-0.4, -0.2) is 49.1 Å². The Kier molecular flexibility index (Phi) is 4.94. The topological polar surface area (TPSA) is 18.5 Å². The van der Waals surface area contributed by atoms with Gasteiger partial charge in [0.2, 0.25) is 0 Å². The van der Waals surface area contributed by atoms with Crippen molar-refractivity contribution in [3.05, 3.63) is 34.9 Å². The summed E-state index contributed by atoms with van der Waals surface area (Å²) in [6.45, 7) is 9.29. The molecule has 2 aliphatic rings. The van der Waals surface area contributed by atoms with Crippen molar-refractivity contribution in [1.29, 1.82) is 0 Å². The van der Waals surface area contributed by atoms with Gasteiger partial charge in [0.15, 0.2) is 0 Å². The first-order valence-corrected chi connectivity index (χ1v) is 8.51. The molecule has 21 heavy (non-hydrogen) atoms. The third kappa shape index (κ3) is 3.47. The zero-order valence-electron chi connectivity index (χ0n) is 13.6. The molecule has 0 atom stereocenters. The number of fused-ring (bicyclic) bond motifs is 1. The summed E-state index contributed by atoms with van der Waals surface area (Å²) in [5.74, 6) is 0. The van der Waals surface area contributed by atoms with Crippen LogP contribution in [0.15, 0.2) is 18.2 Å². The molecule has 0 aromatic heterocycles. The van der Waals surface area contributed by atoms with Crippen molar-refractivity contribution in [1.82, 2.24) is 15.1 Å². The number of rotatable bonds is 4. The molecule has 1 fully saturated rings. The van der Waals surface area contributed by atoms with E-state index >= 15 is 0 Å². The summed E-state index contributed by atoms with van der Waals surface area (Å²) in [6, 6.07) is 7.60. The second-order valence-corrected chi connectivity index (χ2v) is 6.56. The van der Waals surface area contributed by atoms with Crippen LogP contribution in [0.5, 0.6) is 0 Å². The van der Waals surface area contributed by atoms with Gasteiger partial charge in [-0.2, -0.15) is 0 Å². The molecule has 0 radical (unpaired) electrons. The van der Waals surface area contributed by atoms with Gasteiger partial charge in [0, 0.05) is 19.1 Å². The van der Waals surface area contributed by atoms with Gasteiger partial charge in [-0.15, -0.1) is 0 Å². The average Bonchev–Trinajstić information content (AvgIpc) is 2.55. The third-order valence-corrected chi connectivity index (χ3v) is 5.28. The molecule has 3 rings (SSSR count). The summed E-state index contributed by atoms with van der Waals surface area (Å²) in [4.78, 5) is 5.16. The molecule has 1 aromatic rings. The standard InChI is InChI=1S/C18H29N3/c1-3-21-11-8-17(9-12-21)20(2)14-16-6-4-5-15-13-19-10-7-18(15)16/h4-6,17,19H,3,7-14H2,1-2H3. The first kappa shape index (κ1) is 15.0. The number of piperidine rings is 1. The Bertz CT molecular complexity index is 464. The number of hydrogen-bond donors (Lipinski definition) is 1. The summed E-state index contributed by atoms with van der Waals surface area (Å²) in [5, 5.41) is 3.48. The van der Waals surface area contributed by atoms with Gasteiger partial charge in [0.1, 0.15) is 0 Å². The first-order chi connectivity index (χ1) is 10.3. The Labute approximate surface area is 129 Å². The van der Waals surface area contributed by atoms with Crippen LogP contribution >= 0.6 is 0 Å². The van der Waals surface area contributed by atoms with Gasteiger partial charge >= 0.3 is 0 Å². The van der Waals surface area contributed by atoms with Crippen LogP contribution in [0.4, 0.5) is 0 Å². The molecule has 0 amide bonds. The second kappa shape index (κ2) is 6.91. The maximum absolute atomic E-state index is 3.48. The zero-order valence-corrected chi connectivity index (χ0v) is 13.6. The lowest BCUT2D eigenvalue weighted by molar-refractivity contribution is 0.127. The van der Waals surface area contributed by atoms with Crippen LogP contribution in [0.25, 0.3) is 0 Å². The van der Waals surface area contributed by atoms with Crippen LogP contribution in [0, 0.1) is 0 Å². The van der Waals surface area contributed by atoms with E-state index < -0.39 is 0 Å². The first-order valence-electron chi connectivity index (χ1n) is 8.51. The van der Waals surface area contributed by atoms with E-state index in [0.717, 1.165) is 25.7 Å². The van der Waals surface area contributed by atoms with E-state index in [9.17, 15) is 0 Å². The molecule has 2 heterocycles. The van der Waals surface area contributed by atoms with Gasteiger partial charge in [0.25, 0.3) is 0 Å². The Morgan fingerprint density at radius 2 is 2.10 bits per heavy atom. The number of hydrogen-bond acceptors (Lipinski definition) is 3. The van der Waals surface area contributed by atoms with Gasteiger partial charge < -0.3 is 10.2 Å². The predicted molar refractivity (Wildman–Crippen MR) is 88.5 cm³/mol. The van der Waals surface area contributed by atoms with Crippen molar-refractivity contribution >= 4 is 0 Å². The molecule has 116 valence electrons. The molecule has 0 unspecified atom stereocenters. The van der Waals surface area contributed by atoms with E-state index in [1.54, 1.807) is 11.1 Å². The smallest absolute Gasteiger partial charge is 0.0236 e. The van der Waals surface area contributed by atoms with Gasteiger partial charge in [-0.25, -0.2) is 0 Å². The van der Waals surface area contributed by atoms with Crippen molar-refractivity contribution < 1.29 is 0 Å². The van der Waals surface area contributed by atoms with Gasteiger partial charge in [-0.1, -0.05) is 25.1 Å². The Hall–Kier alpha value is -0.900. The third-order valence-electron chi connectivity index (χ3n) is 5.28. The van der Waals surface area contributed by atoms with Gasteiger partial charge in [0.05, 0.1) is 0 Å². The molecular formula is C18H29N3. The normalized spacial score (nSPS) is 20.7. The van der Waals surface area contributed by atoms with Crippen molar-refractivity contribution in [2.45, 2.75) is 45.3 Å². The maximum atomic E-state index is 3.48. The number of benzene rings is 1. The van der Waals surface area contributed by atoms with Crippen molar-refractivity contribution in [3.8, 4) is 0 Å². The lowest BCUT2D eigenvalue weighted by Gasteiger charge is -2.36. The van der Waals surface area contributed by atoms with Crippen LogP contribution in [0.1, 0.15) is 36.5 Å². The Balaban J connectivity index is 1.64. The minimum absolute atomic E-state index is 0.755. The molecule has 2 aliphatic heterocycles. The molecule has 0 spiro atoms. The minimum Gasteiger partial charge on any atom is -0.312 e. The van der Waals surface area contributed by atoms with Crippen LogP contribution < -0.4 is 5.32 Å². The van der Waals surface area contributed by atoms with Crippen LogP contribution in [0.3, 0.4) is 0 Å². The monoisotopic (exact) mass is 287 g/mol. The number of nitrogens with zero attached hydrogens (tertiary/aromatic N) is 2. The molecule has 1 saturated heterocycles. The average molecular weight is 287 g/mol. The van der Waals surface area contributed by atoms with E-state index in [4.69, 9.17) is 0 Å². The quantitative estimate of drug-likeness (QED) is 0.916. The van der Waals surface area contributed by atoms with Gasteiger partial charge in [-0.3, -0.25) is 4.90 Å². The summed E-state index contributed by atoms with van der Waals surface area (Å²) < 4.78 is 0. The largest absolute Gasteiger partial charge is 0.312 e. The summed E-state index contributed by atoms with van der Waals surface area (Å²) in [6.07, 6.45) is 3.83. The number of nitrogens with one attached hydrogen (secondary N) is 1. The molecule has 0 saturated carbocycles. The van der Waals surface area contributed by atoms with E-state index in [0.29, 0.717) is 0 Å². The summed E-state index contributed by atoms with van der Waals surface area (Å²) in [7, 11) is 2.31. The highest BCUT2D eigenvalue weighted by atomic mass is 15.2. The highest BCUT2D eigenvalue weighted by Crippen LogP contribution is 2.22. The summed E-state index contributed by atoms with van der Waals surface area (Å²) >= 11 is 0.